The first-order valence-corrected chi connectivity index (χ1v) is 11.5. The van der Waals surface area contributed by atoms with Gasteiger partial charge < -0.3 is 10.2 Å². The van der Waals surface area contributed by atoms with Crippen molar-refractivity contribution in [2.45, 2.75) is 57.4 Å². The van der Waals surface area contributed by atoms with Crippen LogP contribution in [-0.4, -0.2) is 60.4 Å². The molecule has 5 heteroatoms. The number of rotatable bonds is 6. The van der Waals surface area contributed by atoms with E-state index in [1.54, 1.807) is 0 Å². The van der Waals surface area contributed by atoms with E-state index < -0.39 is 0 Å². The van der Waals surface area contributed by atoms with Gasteiger partial charge in [0.05, 0.1) is 5.92 Å². The first-order chi connectivity index (χ1) is 14.2. The first-order valence-electron chi connectivity index (χ1n) is 11.5. The molecule has 1 aliphatic carbocycles. The standard InChI is InChI=1S/C24H35N3O2/c28-23(25-14-11-19-6-2-1-3-7-19)21-10-5-15-27(18-21)22-12-16-26(17-13-22)24(29)20-8-4-9-20/h1-3,6-7,20-22H,4-5,8-18H2,(H,25,28). The summed E-state index contributed by atoms with van der Waals surface area (Å²) in [4.78, 5) is 29.8. The first kappa shape index (κ1) is 20.4. The van der Waals surface area contributed by atoms with Crippen molar-refractivity contribution >= 4 is 11.8 Å². The molecule has 3 fully saturated rings. The van der Waals surface area contributed by atoms with Crippen molar-refractivity contribution in [2.24, 2.45) is 11.8 Å². The lowest BCUT2D eigenvalue weighted by Crippen LogP contribution is -2.52. The molecule has 2 aliphatic heterocycles. The van der Waals surface area contributed by atoms with Gasteiger partial charge in [0.1, 0.15) is 0 Å². The number of piperidine rings is 2. The molecule has 0 bridgehead atoms. The predicted molar refractivity (Wildman–Crippen MR) is 114 cm³/mol. The number of nitrogens with one attached hydrogen (secondary N) is 1. The minimum absolute atomic E-state index is 0.106. The fourth-order valence-electron chi connectivity index (χ4n) is 5.04. The molecular formula is C24H35N3O2. The van der Waals surface area contributed by atoms with Gasteiger partial charge in [0.25, 0.3) is 0 Å². The van der Waals surface area contributed by atoms with Crippen LogP contribution in [0.4, 0.5) is 0 Å². The van der Waals surface area contributed by atoms with Crippen LogP contribution >= 0.6 is 0 Å². The minimum Gasteiger partial charge on any atom is -0.355 e. The number of carbonyl (C=O) groups excluding carboxylic acids is 2. The van der Waals surface area contributed by atoms with Gasteiger partial charge in [0.2, 0.25) is 11.8 Å². The van der Waals surface area contributed by atoms with Crippen LogP contribution in [0.2, 0.25) is 0 Å². The van der Waals surface area contributed by atoms with Crippen LogP contribution in [0, 0.1) is 11.8 Å². The van der Waals surface area contributed by atoms with Gasteiger partial charge in [-0.3, -0.25) is 14.5 Å². The molecule has 1 aromatic carbocycles. The van der Waals surface area contributed by atoms with Crippen molar-refractivity contribution in [1.29, 1.82) is 0 Å². The lowest BCUT2D eigenvalue weighted by atomic mass is 9.84. The molecule has 5 nitrogen and oxygen atoms in total. The lowest BCUT2D eigenvalue weighted by molar-refractivity contribution is -0.139. The summed E-state index contributed by atoms with van der Waals surface area (Å²) in [7, 11) is 0. The summed E-state index contributed by atoms with van der Waals surface area (Å²) in [5.41, 5.74) is 1.27. The van der Waals surface area contributed by atoms with E-state index in [0.717, 1.165) is 71.1 Å². The lowest BCUT2D eigenvalue weighted by Gasteiger charge is -2.43. The third-order valence-corrected chi connectivity index (χ3v) is 7.13. The van der Waals surface area contributed by atoms with E-state index in [1.165, 1.54) is 12.0 Å². The number of carbonyl (C=O) groups is 2. The maximum atomic E-state index is 12.7. The highest BCUT2D eigenvalue weighted by molar-refractivity contribution is 5.80. The molecule has 1 unspecified atom stereocenters. The van der Waals surface area contributed by atoms with Crippen LogP contribution in [0.25, 0.3) is 0 Å². The van der Waals surface area contributed by atoms with E-state index >= 15 is 0 Å². The number of hydrogen-bond donors (Lipinski definition) is 1. The van der Waals surface area contributed by atoms with Gasteiger partial charge in [-0.2, -0.15) is 0 Å². The summed E-state index contributed by atoms with van der Waals surface area (Å²) in [6.07, 6.45) is 8.48. The second-order valence-corrected chi connectivity index (χ2v) is 9.05. The SMILES string of the molecule is O=C(NCCc1ccccc1)C1CCCN(C2CCN(C(=O)C3CCC3)CC2)C1. The minimum atomic E-state index is 0.106. The van der Waals surface area contributed by atoms with E-state index in [0.29, 0.717) is 24.4 Å². The van der Waals surface area contributed by atoms with Crippen LogP contribution < -0.4 is 5.32 Å². The molecule has 0 radical (unpaired) electrons. The molecule has 3 aliphatic rings. The molecule has 4 rings (SSSR count). The summed E-state index contributed by atoms with van der Waals surface area (Å²) in [6.45, 7) is 4.46. The molecule has 2 saturated heterocycles. The molecule has 1 N–H and O–H groups in total. The zero-order chi connectivity index (χ0) is 20.1. The van der Waals surface area contributed by atoms with Crippen molar-refractivity contribution in [1.82, 2.24) is 15.1 Å². The van der Waals surface area contributed by atoms with Crippen LogP contribution in [-0.2, 0) is 16.0 Å². The molecule has 158 valence electrons. The van der Waals surface area contributed by atoms with Crippen molar-refractivity contribution in [3.05, 3.63) is 35.9 Å². The zero-order valence-electron chi connectivity index (χ0n) is 17.5. The fourth-order valence-corrected chi connectivity index (χ4v) is 5.04. The van der Waals surface area contributed by atoms with E-state index in [9.17, 15) is 9.59 Å². The third kappa shape index (κ3) is 5.19. The van der Waals surface area contributed by atoms with Gasteiger partial charge in [-0.05, 0) is 57.1 Å². The second-order valence-electron chi connectivity index (χ2n) is 9.05. The Balaban J connectivity index is 1.20. The maximum absolute atomic E-state index is 12.7. The second kappa shape index (κ2) is 9.75. The van der Waals surface area contributed by atoms with Crippen LogP contribution in [0.3, 0.4) is 0 Å². The average Bonchev–Trinajstić information content (AvgIpc) is 2.73. The number of hydrogen-bond acceptors (Lipinski definition) is 3. The highest BCUT2D eigenvalue weighted by Crippen LogP contribution is 2.30. The highest BCUT2D eigenvalue weighted by atomic mass is 16.2. The van der Waals surface area contributed by atoms with Gasteiger partial charge in [0, 0.05) is 38.1 Å². The Hall–Kier alpha value is -1.88. The Morgan fingerprint density at radius 1 is 0.897 bits per heavy atom. The molecule has 1 saturated carbocycles. The van der Waals surface area contributed by atoms with Gasteiger partial charge in [0.15, 0.2) is 0 Å². The average molecular weight is 398 g/mol. The quantitative estimate of drug-likeness (QED) is 0.803. The van der Waals surface area contributed by atoms with E-state index in [4.69, 9.17) is 0 Å². The molecule has 29 heavy (non-hydrogen) atoms. The molecule has 2 heterocycles. The normalized spacial score (nSPS) is 24.1. The zero-order valence-corrected chi connectivity index (χ0v) is 17.5. The van der Waals surface area contributed by atoms with Crippen molar-refractivity contribution in [3.63, 3.8) is 0 Å². The number of benzene rings is 1. The Labute approximate surface area is 174 Å². The number of likely N-dealkylation sites (tertiary alicyclic amines) is 2. The summed E-state index contributed by atoms with van der Waals surface area (Å²) < 4.78 is 0. The Kier molecular flexibility index (Phi) is 6.86. The Bertz CT molecular complexity index is 681. The summed E-state index contributed by atoms with van der Waals surface area (Å²) >= 11 is 0. The van der Waals surface area contributed by atoms with Crippen LogP contribution in [0.15, 0.2) is 30.3 Å². The molecule has 1 aromatic rings. The molecular weight excluding hydrogens is 362 g/mol. The van der Waals surface area contributed by atoms with E-state index in [1.807, 2.05) is 18.2 Å². The van der Waals surface area contributed by atoms with Crippen molar-refractivity contribution in [2.75, 3.05) is 32.7 Å². The summed E-state index contributed by atoms with van der Waals surface area (Å²) in [5, 5.41) is 3.15. The largest absolute Gasteiger partial charge is 0.355 e. The fraction of sp³-hybridized carbons (Fsp3) is 0.667. The Morgan fingerprint density at radius 2 is 1.62 bits per heavy atom. The molecule has 0 aromatic heterocycles. The molecule has 2 amide bonds. The molecule has 0 spiro atoms. The smallest absolute Gasteiger partial charge is 0.225 e. The van der Waals surface area contributed by atoms with Gasteiger partial charge in [-0.1, -0.05) is 36.8 Å². The maximum Gasteiger partial charge on any atom is 0.225 e. The van der Waals surface area contributed by atoms with E-state index in [-0.39, 0.29) is 11.8 Å². The predicted octanol–water partition coefficient (Wildman–Crippen LogP) is 2.85. The van der Waals surface area contributed by atoms with Crippen LogP contribution in [0.5, 0.6) is 0 Å². The van der Waals surface area contributed by atoms with Crippen molar-refractivity contribution in [3.8, 4) is 0 Å². The highest BCUT2D eigenvalue weighted by Gasteiger charge is 2.35. The van der Waals surface area contributed by atoms with Gasteiger partial charge in [-0.25, -0.2) is 0 Å². The number of amides is 2. The van der Waals surface area contributed by atoms with E-state index in [2.05, 4.69) is 27.2 Å². The summed E-state index contributed by atoms with van der Waals surface area (Å²) in [6, 6.07) is 10.8. The summed E-state index contributed by atoms with van der Waals surface area (Å²) in [5.74, 6) is 1.02. The topological polar surface area (TPSA) is 52.7 Å². The van der Waals surface area contributed by atoms with Gasteiger partial charge >= 0.3 is 0 Å². The third-order valence-electron chi connectivity index (χ3n) is 7.13. The van der Waals surface area contributed by atoms with Crippen LogP contribution in [0.1, 0.15) is 50.5 Å². The van der Waals surface area contributed by atoms with Crippen molar-refractivity contribution < 1.29 is 9.59 Å². The monoisotopic (exact) mass is 397 g/mol. The number of nitrogens with zero attached hydrogens (tertiary/aromatic N) is 2. The molecule has 1 atom stereocenters. The Morgan fingerprint density at radius 3 is 2.31 bits per heavy atom. The van der Waals surface area contributed by atoms with Gasteiger partial charge in [-0.15, -0.1) is 0 Å².